The molecule has 0 atom stereocenters. The van der Waals surface area contributed by atoms with Crippen molar-refractivity contribution in [2.24, 2.45) is 0 Å². The molecule has 190 valence electrons. The Bertz CT molecular complexity index is 1510. The molecular weight excluding hydrogens is 494 g/mol. The molecule has 5 rings (SSSR count). The fraction of sp³-hybridized carbons (Fsp3) is 0.185. The van der Waals surface area contributed by atoms with Crippen LogP contribution in [0.3, 0.4) is 0 Å². The molecule has 10 heteroatoms. The normalized spacial score (nSPS) is 12.4. The largest absolute Gasteiger partial charge is 0.467 e. The van der Waals surface area contributed by atoms with E-state index < -0.39 is 9.84 Å². The summed E-state index contributed by atoms with van der Waals surface area (Å²) in [6.07, 6.45) is 4.63. The molecule has 0 bridgehead atoms. The van der Waals surface area contributed by atoms with E-state index in [0.29, 0.717) is 34.1 Å². The quantitative estimate of drug-likeness (QED) is 0.289. The van der Waals surface area contributed by atoms with Crippen molar-refractivity contribution in [2.75, 3.05) is 6.79 Å². The molecule has 0 spiro atoms. The molecule has 4 aromatic rings. The lowest BCUT2D eigenvalue weighted by Gasteiger charge is -2.23. The number of imidazole rings is 1. The molecule has 0 N–H and O–H groups in total. The minimum atomic E-state index is -3.76. The third kappa shape index (κ3) is 5.29. The van der Waals surface area contributed by atoms with Crippen molar-refractivity contribution in [1.82, 2.24) is 14.5 Å². The van der Waals surface area contributed by atoms with Crippen molar-refractivity contribution in [3.63, 3.8) is 0 Å². The Kier molecular flexibility index (Phi) is 6.82. The Morgan fingerprint density at radius 3 is 2.62 bits per heavy atom. The van der Waals surface area contributed by atoms with Gasteiger partial charge in [-0.25, -0.2) is 13.4 Å². The Morgan fingerprint density at radius 2 is 1.86 bits per heavy atom. The number of hydrogen-bond acceptors (Lipinski definition) is 7. The fourth-order valence-corrected chi connectivity index (χ4v) is 5.65. The molecule has 0 saturated carbocycles. The number of benzene rings is 2. The number of carbonyl (C=O) groups excluding carboxylic acids is 1. The van der Waals surface area contributed by atoms with Crippen LogP contribution in [-0.4, -0.2) is 35.6 Å². The first kappa shape index (κ1) is 24.4. The molecule has 9 nitrogen and oxygen atoms in total. The highest BCUT2D eigenvalue weighted by molar-refractivity contribution is 7.90. The zero-order chi connectivity index (χ0) is 25.8. The van der Waals surface area contributed by atoms with Crippen LogP contribution in [0.1, 0.15) is 27.4 Å². The molecule has 1 aliphatic rings. The first-order chi connectivity index (χ1) is 17.9. The van der Waals surface area contributed by atoms with E-state index in [1.165, 1.54) is 12.5 Å². The van der Waals surface area contributed by atoms with Crippen LogP contribution in [0.4, 0.5) is 0 Å². The van der Waals surface area contributed by atoms with Crippen molar-refractivity contribution >= 4 is 15.7 Å². The molecule has 0 fully saturated rings. The van der Waals surface area contributed by atoms with Gasteiger partial charge in [-0.15, -0.1) is 6.58 Å². The van der Waals surface area contributed by atoms with Crippen molar-refractivity contribution < 1.29 is 27.1 Å². The monoisotopic (exact) mass is 519 g/mol. The van der Waals surface area contributed by atoms with Gasteiger partial charge in [0.05, 0.1) is 37.0 Å². The second kappa shape index (κ2) is 10.4. The van der Waals surface area contributed by atoms with E-state index in [-0.39, 0.29) is 43.2 Å². The smallest absolute Gasteiger partial charge is 0.254 e. The van der Waals surface area contributed by atoms with Gasteiger partial charge in [0.25, 0.3) is 5.91 Å². The molecule has 0 radical (unpaired) electrons. The van der Waals surface area contributed by atoms with Gasteiger partial charge in [0.15, 0.2) is 11.5 Å². The SMILES string of the molecule is C=CCn1c(CN(Cc2ccco2)C(=O)c2ccc3c(c2)OCO3)cnc1S(=O)(=O)Cc1ccccc1. The minimum absolute atomic E-state index is 0.0697. The lowest BCUT2D eigenvalue weighted by molar-refractivity contribution is 0.0713. The summed E-state index contributed by atoms with van der Waals surface area (Å²) >= 11 is 0. The molecule has 37 heavy (non-hydrogen) atoms. The first-order valence-electron chi connectivity index (χ1n) is 11.6. The van der Waals surface area contributed by atoms with Crippen LogP contribution >= 0.6 is 0 Å². The van der Waals surface area contributed by atoms with E-state index in [4.69, 9.17) is 13.9 Å². The van der Waals surface area contributed by atoms with E-state index in [9.17, 15) is 13.2 Å². The Hall–Kier alpha value is -4.31. The Balaban J connectivity index is 1.47. The summed E-state index contributed by atoms with van der Waals surface area (Å²) < 4.78 is 44.4. The number of sulfone groups is 1. The van der Waals surface area contributed by atoms with Crippen molar-refractivity contribution in [3.8, 4) is 11.5 Å². The van der Waals surface area contributed by atoms with Crippen LogP contribution in [0.15, 0.2) is 95.4 Å². The maximum absolute atomic E-state index is 13.6. The first-order valence-corrected chi connectivity index (χ1v) is 13.2. The summed E-state index contributed by atoms with van der Waals surface area (Å²) in [4.78, 5) is 19.4. The minimum Gasteiger partial charge on any atom is -0.467 e. The number of aromatic nitrogens is 2. The lowest BCUT2D eigenvalue weighted by Crippen LogP contribution is -2.31. The van der Waals surface area contributed by atoms with Gasteiger partial charge in [-0.05, 0) is 35.9 Å². The number of rotatable bonds is 10. The highest BCUT2D eigenvalue weighted by Gasteiger charge is 2.27. The maximum Gasteiger partial charge on any atom is 0.254 e. The summed E-state index contributed by atoms with van der Waals surface area (Å²) in [7, 11) is -3.76. The van der Waals surface area contributed by atoms with Gasteiger partial charge in [0, 0.05) is 12.1 Å². The Labute approximate surface area is 214 Å². The third-order valence-electron chi connectivity index (χ3n) is 5.88. The fourth-order valence-electron chi connectivity index (χ4n) is 4.15. The topological polar surface area (TPSA) is 104 Å². The second-order valence-corrected chi connectivity index (χ2v) is 10.4. The van der Waals surface area contributed by atoms with Gasteiger partial charge in [0.1, 0.15) is 5.76 Å². The van der Waals surface area contributed by atoms with Crippen LogP contribution in [0.5, 0.6) is 11.5 Å². The van der Waals surface area contributed by atoms with Crippen molar-refractivity contribution in [3.05, 3.63) is 108 Å². The van der Waals surface area contributed by atoms with Gasteiger partial charge in [-0.1, -0.05) is 36.4 Å². The molecule has 2 aromatic carbocycles. The van der Waals surface area contributed by atoms with Crippen LogP contribution in [0, 0.1) is 0 Å². The van der Waals surface area contributed by atoms with Gasteiger partial charge >= 0.3 is 0 Å². The van der Waals surface area contributed by atoms with Crippen LogP contribution in [0.2, 0.25) is 0 Å². The number of nitrogens with zero attached hydrogens (tertiary/aromatic N) is 3. The van der Waals surface area contributed by atoms with Crippen molar-refractivity contribution in [1.29, 1.82) is 0 Å². The summed E-state index contributed by atoms with van der Waals surface area (Å²) in [5.41, 5.74) is 1.62. The molecule has 2 aromatic heterocycles. The number of allylic oxidation sites excluding steroid dienone is 1. The van der Waals surface area contributed by atoms with Crippen LogP contribution in [-0.2, 0) is 35.2 Å². The highest BCUT2D eigenvalue weighted by atomic mass is 32.2. The number of furan rings is 1. The van der Waals surface area contributed by atoms with Gasteiger partial charge in [-0.3, -0.25) is 4.79 Å². The standard InChI is InChI=1S/C27H25N3O6S/c1-2-12-30-22(15-28-27(30)37(32,33)18-20-7-4-3-5-8-20)16-29(17-23-9-6-13-34-23)26(31)21-10-11-24-25(14-21)36-19-35-24/h2-11,13-15H,1,12,16-19H2. The van der Waals surface area contributed by atoms with Gasteiger partial charge in [-0.2, -0.15) is 0 Å². The molecule has 1 aliphatic heterocycles. The van der Waals surface area contributed by atoms with Crippen LogP contribution < -0.4 is 9.47 Å². The molecular formula is C27H25N3O6S. The number of carbonyl (C=O) groups is 1. The van der Waals surface area contributed by atoms with E-state index in [2.05, 4.69) is 11.6 Å². The molecule has 1 amide bonds. The zero-order valence-corrected chi connectivity index (χ0v) is 20.8. The molecule has 3 heterocycles. The predicted octanol–water partition coefficient (Wildman–Crippen LogP) is 4.21. The number of ether oxygens (including phenoxy) is 2. The van der Waals surface area contributed by atoms with E-state index in [1.54, 1.807) is 70.1 Å². The zero-order valence-electron chi connectivity index (χ0n) is 19.9. The lowest BCUT2D eigenvalue weighted by atomic mass is 10.1. The molecule has 0 aliphatic carbocycles. The highest BCUT2D eigenvalue weighted by Crippen LogP contribution is 2.33. The van der Waals surface area contributed by atoms with E-state index in [0.717, 1.165) is 0 Å². The number of hydrogen-bond donors (Lipinski definition) is 0. The average Bonchev–Trinajstić information content (AvgIpc) is 3.65. The third-order valence-corrected chi connectivity index (χ3v) is 7.47. The van der Waals surface area contributed by atoms with E-state index in [1.807, 2.05) is 6.07 Å². The summed E-state index contributed by atoms with van der Waals surface area (Å²) in [6, 6.07) is 17.4. The Morgan fingerprint density at radius 1 is 1.05 bits per heavy atom. The van der Waals surface area contributed by atoms with Gasteiger partial charge < -0.3 is 23.4 Å². The number of amides is 1. The molecule has 0 unspecified atom stereocenters. The summed E-state index contributed by atoms with van der Waals surface area (Å²) in [5.74, 6) is 1.19. The average molecular weight is 520 g/mol. The maximum atomic E-state index is 13.6. The van der Waals surface area contributed by atoms with E-state index >= 15 is 0 Å². The second-order valence-electron chi connectivity index (χ2n) is 8.48. The van der Waals surface area contributed by atoms with Crippen molar-refractivity contribution in [2.45, 2.75) is 30.5 Å². The van der Waals surface area contributed by atoms with Gasteiger partial charge in [0.2, 0.25) is 21.8 Å². The molecule has 0 saturated heterocycles. The number of fused-ring (bicyclic) bond motifs is 1. The summed E-state index contributed by atoms with van der Waals surface area (Å²) in [5, 5.41) is -0.0697. The van der Waals surface area contributed by atoms with Crippen LogP contribution in [0.25, 0.3) is 0 Å². The predicted molar refractivity (Wildman–Crippen MR) is 135 cm³/mol. The summed E-state index contributed by atoms with van der Waals surface area (Å²) in [6.45, 7) is 4.36.